The van der Waals surface area contributed by atoms with Crippen LogP contribution in [0.25, 0.3) is 0 Å². The summed E-state index contributed by atoms with van der Waals surface area (Å²) in [6.07, 6.45) is -0.0732. The van der Waals surface area contributed by atoms with Crippen LogP contribution in [0.15, 0.2) is 42.5 Å². The number of hydrogen-bond acceptors (Lipinski definition) is 3. The van der Waals surface area contributed by atoms with Gasteiger partial charge in [0.15, 0.2) is 6.10 Å². The number of amides is 1. The van der Waals surface area contributed by atoms with E-state index in [1.165, 1.54) is 24.3 Å². The Morgan fingerprint density at radius 1 is 1.27 bits per heavy atom. The van der Waals surface area contributed by atoms with E-state index in [1.54, 1.807) is 23.1 Å². The number of benzene rings is 2. The van der Waals surface area contributed by atoms with Gasteiger partial charge in [0.1, 0.15) is 17.3 Å². The van der Waals surface area contributed by atoms with Crippen LogP contribution in [0.1, 0.15) is 18.9 Å². The van der Waals surface area contributed by atoms with Crippen LogP contribution in [0.4, 0.5) is 10.1 Å². The Balaban J connectivity index is 1.99. The summed E-state index contributed by atoms with van der Waals surface area (Å²) in [6.45, 7) is 2.12. The number of anilines is 1. The Bertz CT molecular complexity index is 717. The van der Waals surface area contributed by atoms with Crippen LogP contribution in [0.2, 0.25) is 0 Å². The average molecular weight is 301 g/mol. The molecule has 0 unspecified atom stereocenters. The van der Waals surface area contributed by atoms with Crippen molar-refractivity contribution in [3.63, 3.8) is 0 Å². The number of nitrogens with zero attached hydrogens (tertiary/aromatic N) is 1. The molecule has 0 aliphatic carbocycles. The highest BCUT2D eigenvalue weighted by Gasteiger charge is 2.33. The van der Waals surface area contributed by atoms with Crippen molar-refractivity contribution < 1.29 is 19.0 Å². The molecule has 0 fully saturated rings. The summed E-state index contributed by atoms with van der Waals surface area (Å²) < 4.78 is 19.0. The van der Waals surface area contributed by atoms with Crippen molar-refractivity contribution in [3.05, 3.63) is 53.8 Å². The third-order valence-corrected chi connectivity index (χ3v) is 3.65. The molecule has 3 rings (SSSR count). The molecule has 22 heavy (non-hydrogen) atoms. The smallest absolute Gasteiger partial charge is 0.268 e. The number of phenols is 1. The molecule has 0 aromatic heterocycles. The minimum absolute atomic E-state index is 0.0775. The molecule has 1 heterocycles. The molecule has 0 bridgehead atoms. The van der Waals surface area contributed by atoms with Crippen molar-refractivity contribution in [2.75, 3.05) is 4.90 Å². The van der Waals surface area contributed by atoms with Gasteiger partial charge in [-0.1, -0.05) is 19.1 Å². The fourth-order valence-electron chi connectivity index (χ4n) is 2.56. The lowest BCUT2D eigenvalue weighted by Crippen LogP contribution is -2.45. The first-order valence-corrected chi connectivity index (χ1v) is 7.14. The van der Waals surface area contributed by atoms with Crippen molar-refractivity contribution in [2.24, 2.45) is 0 Å². The predicted molar refractivity (Wildman–Crippen MR) is 80.4 cm³/mol. The maximum atomic E-state index is 13.3. The van der Waals surface area contributed by atoms with E-state index in [2.05, 4.69) is 0 Å². The van der Waals surface area contributed by atoms with Gasteiger partial charge in [0.2, 0.25) is 0 Å². The molecule has 4 nitrogen and oxygen atoms in total. The molecular weight excluding hydrogens is 285 g/mol. The summed E-state index contributed by atoms with van der Waals surface area (Å²) in [6, 6.07) is 10.8. The van der Waals surface area contributed by atoms with Crippen LogP contribution in [-0.2, 0) is 11.3 Å². The van der Waals surface area contributed by atoms with Gasteiger partial charge in [-0.2, -0.15) is 0 Å². The molecule has 2 aromatic rings. The van der Waals surface area contributed by atoms with Gasteiger partial charge in [-0.3, -0.25) is 4.79 Å². The van der Waals surface area contributed by atoms with Crippen molar-refractivity contribution >= 4 is 11.6 Å². The first-order valence-electron chi connectivity index (χ1n) is 7.14. The average Bonchev–Trinajstić information content (AvgIpc) is 2.50. The van der Waals surface area contributed by atoms with Gasteiger partial charge in [0, 0.05) is 6.07 Å². The molecule has 5 heteroatoms. The molecule has 1 amide bonds. The van der Waals surface area contributed by atoms with Crippen LogP contribution < -0.4 is 9.64 Å². The van der Waals surface area contributed by atoms with Gasteiger partial charge in [0.25, 0.3) is 5.91 Å². The van der Waals surface area contributed by atoms with Crippen molar-refractivity contribution in [1.29, 1.82) is 0 Å². The number of phenolic OH excluding ortho intramolecular Hbond substituents is 1. The summed E-state index contributed by atoms with van der Waals surface area (Å²) in [4.78, 5) is 14.1. The van der Waals surface area contributed by atoms with Crippen molar-refractivity contribution in [2.45, 2.75) is 26.0 Å². The number of carbonyl (C=O) groups excluding carboxylic acids is 1. The standard InChI is InChI=1S/C17H16FNO3/c1-2-15-17(21)19(10-11-4-3-5-12(18)8-11)14-7-6-13(20)9-16(14)22-15/h3-9,15,20H,2,10H2,1H3/t15-/m1/s1. The number of aromatic hydroxyl groups is 1. The molecule has 0 saturated heterocycles. The number of hydrogen-bond donors (Lipinski definition) is 1. The second kappa shape index (κ2) is 5.67. The normalized spacial score (nSPS) is 17.1. The Morgan fingerprint density at radius 3 is 2.82 bits per heavy atom. The molecule has 1 N–H and O–H groups in total. The SMILES string of the molecule is CC[C@H]1Oc2cc(O)ccc2N(Cc2cccc(F)c2)C1=O. The summed E-state index contributed by atoms with van der Waals surface area (Å²) in [5.74, 6) is 0.0395. The largest absolute Gasteiger partial charge is 0.508 e. The molecule has 0 spiro atoms. The summed E-state index contributed by atoms with van der Waals surface area (Å²) in [5, 5.41) is 9.59. The van der Waals surface area contributed by atoms with E-state index in [1.807, 2.05) is 6.92 Å². The summed E-state index contributed by atoms with van der Waals surface area (Å²) in [5.41, 5.74) is 1.28. The van der Waals surface area contributed by atoms with E-state index in [4.69, 9.17) is 4.74 Å². The highest BCUT2D eigenvalue weighted by molar-refractivity contribution is 6.00. The number of carbonyl (C=O) groups is 1. The van der Waals surface area contributed by atoms with Crippen LogP contribution in [-0.4, -0.2) is 17.1 Å². The van der Waals surface area contributed by atoms with Crippen LogP contribution in [0, 0.1) is 5.82 Å². The van der Waals surface area contributed by atoms with E-state index < -0.39 is 6.10 Å². The molecule has 0 radical (unpaired) electrons. The number of fused-ring (bicyclic) bond motifs is 1. The van der Waals surface area contributed by atoms with Gasteiger partial charge >= 0.3 is 0 Å². The Labute approximate surface area is 127 Å². The topological polar surface area (TPSA) is 49.8 Å². The first-order chi connectivity index (χ1) is 10.6. The maximum Gasteiger partial charge on any atom is 0.268 e. The maximum absolute atomic E-state index is 13.3. The molecular formula is C17H16FNO3. The zero-order valence-corrected chi connectivity index (χ0v) is 12.1. The Hall–Kier alpha value is -2.56. The minimum atomic E-state index is -0.595. The summed E-state index contributed by atoms with van der Waals surface area (Å²) in [7, 11) is 0. The zero-order valence-electron chi connectivity index (χ0n) is 12.1. The highest BCUT2D eigenvalue weighted by Crippen LogP contribution is 2.38. The van der Waals surface area contributed by atoms with E-state index >= 15 is 0 Å². The molecule has 114 valence electrons. The quantitative estimate of drug-likeness (QED) is 0.947. The predicted octanol–water partition coefficient (Wildman–Crippen LogP) is 3.24. The second-order valence-electron chi connectivity index (χ2n) is 5.22. The van der Waals surface area contributed by atoms with Crippen LogP contribution in [0.3, 0.4) is 0 Å². The van der Waals surface area contributed by atoms with E-state index in [-0.39, 0.29) is 24.0 Å². The van der Waals surface area contributed by atoms with Crippen LogP contribution >= 0.6 is 0 Å². The highest BCUT2D eigenvalue weighted by atomic mass is 19.1. The second-order valence-corrected chi connectivity index (χ2v) is 5.22. The van der Waals surface area contributed by atoms with E-state index in [0.29, 0.717) is 23.4 Å². The number of halogens is 1. The van der Waals surface area contributed by atoms with Gasteiger partial charge in [-0.15, -0.1) is 0 Å². The van der Waals surface area contributed by atoms with Crippen molar-refractivity contribution in [3.8, 4) is 11.5 Å². The third-order valence-electron chi connectivity index (χ3n) is 3.65. The van der Waals surface area contributed by atoms with E-state index in [0.717, 1.165) is 0 Å². The minimum Gasteiger partial charge on any atom is -0.508 e. The summed E-state index contributed by atoms with van der Waals surface area (Å²) >= 11 is 0. The van der Waals surface area contributed by atoms with Gasteiger partial charge in [-0.05, 0) is 36.2 Å². The lowest BCUT2D eigenvalue weighted by Gasteiger charge is -2.34. The molecule has 1 aliphatic rings. The monoisotopic (exact) mass is 301 g/mol. The van der Waals surface area contributed by atoms with Gasteiger partial charge in [-0.25, -0.2) is 4.39 Å². The van der Waals surface area contributed by atoms with Gasteiger partial charge in [0.05, 0.1) is 12.2 Å². The molecule has 2 aromatic carbocycles. The van der Waals surface area contributed by atoms with Crippen LogP contribution in [0.5, 0.6) is 11.5 Å². The van der Waals surface area contributed by atoms with Crippen molar-refractivity contribution in [1.82, 2.24) is 0 Å². The van der Waals surface area contributed by atoms with Gasteiger partial charge < -0.3 is 14.7 Å². The number of rotatable bonds is 3. The molecule has 0 saturated carbocycles. The Morgan fingerprint density at radius 2 is 2.09 bits per heavy atom. The number of ether oxygens (including phenoxy) is 1. The third kappa shape index (κ3) is 2.62. The molecule has 1 atom stereocenters. The van der Waals surface area contributed by atoms with E-state index in [9.17, 15) is 14.3 Å². The molecule has 1 aliphatic heterocycles. The first kappa shape index (κ1) is 14.4. The fraction of sp³-hybridized carbons (Fsp3) is 0.235. The fourth-order valence-corrected chi connectivity index (χ4v) is 2.56. The lowest BCUT2D eigenvalue weighted by atomic mass is 10.1. The zero-order chi connectivity index (χ0) is 15.7. The lowest BCUT2D eigenvalue weighted by molar-refractivity contribution is -0.126. The Kier molecular flexibility index (Phi) is 3.71.